The summed E-state index contributed by atoms with van der Waals surface area (Å²) in [6, 6.07) is 5.03. The molecular formula is C11H12NNaO4. The molecule has 2 N–H and O–H groups in total. The minimum Gasteiger partial charge on any atom is -0.548 e. The van der Waals surface area contributed by atoms with Crippen LogP contribution in [0.2, 0.25) is 0 Å². The number of aliphatic carboxylic acids is 1. The standard InChI is InChI=1S/C11H13NO4.Na/c1-7(13)12-10(11(15)16)6-8-2-4-9(14)5-3-8;/h2-5,10,14H,6H2,1H3,(H,12,13)(H,15,16);/q;+1/p-1/t10-;/m0./s1. The number of hydrogen-bond acceptors (Lipinski definition) is 4. The van der Waals surface area contributed by atoms with Crippen LogP contribution in [-0.4, -0.2) is 23.0 Å². The first-order valence-electron chi connectivity index (χ1n) is 4.75. The van der Waals surface area contributed by atoms with Crippen LogP contribution in [0.4, 0.5) is 0 Å². The maximum Gasteiger partial charge on any atom is 1.00 e. The van der Waals surface area contributed by atoms with Crippen LogP contribution in [-0.2, 0) is 16.0 Å². The van der Waals surface area contributed by atoms with E-state index in [0.717, 1.165) is 0 Å². The molecule has 0 bridgehead atoms. The van der Waals surface area contributed by atoms with Gasteiger partial charge in [0.25, 0.3) is 0 Å². The zero-order valence-electron chi connectivity index (χ0n) is 9.77. The van der Waals surface area contributed by atoms with E-state index in [2.05, 4.69) is 5.32 Å². The van der Waals surface area contributed by atoms with Gasteiger partial charge in [-0.3, -0.25) is 4.79 Å². The van der Waals surface area contributed by atoms with Gasteiger partial charge in [0.15, 0.2) is 0 Å². The number of phenols is 1. The van der Waals surface area contributed by atoms with E-state index >= 15 is 0 Å². The smallest absolute Gasteiger partial charge is 0.548 e. The monoisotopic (exact) mass is 245 g/mol. The van der Waals surface area contributed by atoms with Crippen molar-refractivity contribution in [1.82, 2.24) is 5.32 Å². The van der Waals surface area contributed by atoms with Gasteiger partial charge in [-0.15, -0.1) is 0 Å². The summed E-state index contributed by atoms with van der Waals surface area (Å²) in [5.74, 6) is -1.65. The van der Waals surface area contributed by atoms with E-state index in [4.69, 9.17) is 5.11 Å². The van der Waals surface area contributed by atoms with E-state index in [9.17, 15) is 14.7 Å². The summed E-state index contributed by atoms with van der Waals surface area (Å²) < 4.78 is 0. The van der Waals surface area contributed by atoms with Crippen LogP contribution in [0.25, 0.3) is 0 Å². The number of carboxylic acids is 1. The van der Waals surface area contributed by atoms with Crippen molar-refractivity contribution in [3.63, 3.8) is 0 Å². The Hall–Kier alpha value is -1.04. The summed E-state index contributed by atoms with van der Waals surface area (Å²) in [6.07, 6.45) is 0.127. The van der Waals surface area contributed by atoms with Crippen molar-refractivity contribution in [1.29, 1.82) is 0 Å². The van der Waals surface area contributed by atoms with Crippen molar-refractivity contribution in [2.75, 3.05) is 0 Å². The van der Waals surface area contributed by atoms with Crippen molar-refractivity contribution in [2.45, 2.75) is 19.4 Å². The molecule has 0 radical (unpaired) electrons. The van der Waals surface area contributed by atoms with Gasteiger partial charge in [-0.1, -0.05) is 12.1 Å². The number of rotatable bonds is 4. The Morgan fingerprint density at radius 2 is 1.88 bits per heavy atom. The van der Waals surface area contributed by atoms with Crippen LogP contribution in [0, 0.1) is 0 Å². The van der Waals surface area contributed by atoms with Crippen LogP contribution in [0.3, 0.4) is 0 Å². The molecule has 0 aromatic heterocycles. The Morgan fingerprint density at radius 1 is 1.35 bits per heavy atom. The number of aromatic hydroxyl groups is 1. The molecule has 0 aliphatic rings. The van der Waals surface area contributed by atoms with Crippen LogP contribution < -0.4 is 40.0 Å². The number of carbonyl (C=O) groups excluding carboxylic acids is 2. The second kappa shape index (κ2) is 7.32. The topological polar surface area (TPSA) is 89.5 Å². The third-order valence-corrected chi connectivity index (χ3v) is 2.04. The third kappa shape index (κ3) is 5.72. The minimum absolute atomic E-state index is 0. The maximum atomic E-state index is 10.8. The molecule has 0 spiro atoms. The zero-order valence-corrected chi connectivity index (χ0v) is 11.8. The molecule has 0 unspecified atom stereocenters. The van der Waals surface area contributed by atoms with Gasteiger partial charge >= 0.3 is 29.6 Å². The summed E-state index contributed by atoms with van der Waals surface area (Å²) in [7, 11) is 0. The van der Waals surface area contributed by atoms with E-state index < -0.39 is 17.9 Å². The molecule has 0 fully saturated rings. The molecule has 0 aliphatic heterocycles. The van der Waals surface area contributed by atoms with Gasteiger partial charge in [0, 0.05) is 6.92 Å². The molecule has 0 saturated carbocycles. The molecule has 1 aromatic carbocycles. The van der Waals surface area contributed by atoms with Crippen molar-refractivity contribution in [3.05, 3.63) is 29.8 Å². The van der Waals surface area contributed by atoms with Gasteiger partial charge < -0.3 is 20.3 Å². The molecular weight excluding hydrogens is 233 g/mol. The van der Waals surface area contributed by atoms with Crippen molar-refractivity contribution in [2.24, 2.45) is 0 Å². The van der Waals surface area contributed by atoms with Crippen molar-refractivity contribution >= 4 is 11.9 Å². The van der Waals surface area contributed by atoms with E-state index in [0.29, 0.717) is 5.56 Å². The molecule has 1 amide bonds. The van der Waals surface area contributed by atoms with Gasteiger partial charge in [0.1, 0.15) is 5.75 Å². The predicted octanol–water partition coefficient (Wildman–Crippen LogP) is -3.81. The van der Waals surface area contributed by atoms with E-state index in [-0.39, 0.29) is 41.7 Å². The molecule has 0 heterocycles. The molecule has 0 saturated heterocycles. The number of benzene rings is 1. The Morgan fingerprint density at radius 3 is 2.29 bits per heavy atom. The Balaban J connectivity index is 0.00000256. The average molecular weight is 245 g/mol. The number of amides is 1. The first-order chi connectivity index (χ1) is 7.49. The first kappa shape index (κ1) is 16.0. The SMILES string of the molecule is CC(=O)N[C@@H](Cc1ccc(O)cc1)C(=O)[O-].[Na+]. The van der Waals surface area contributed by atoms with E-state index in [1.165, 1.54) is 19.1 Å². The maximum absolute atomic E-state index is 10.8. The Kier molecular flexibility index (Phi) is 6.87. The number of hydrogen-bond donors (Lipinski definition) is 2. The summed E-state index contributed by atoms with van der Waals surface area (Å²) in [4.78, 5) is 21.5. The molecule has 1 atom stereocenters. The third-order valence-electron chi connectivity index (χ3n) is 2.04. The van der Waals surface area contributed by atoms with Gasteiger partial charge in [-0.05, 0) is 24.1 Å². The average Bonchev–Trinajstić information content (AvgIpc) is 2.19. The molecule has 1 rings (SSSR count). The summed E-state index contributed by atoms with van der Waals surface area (Å²) in [5.41, 5.74) is 0.695. The number of nitrogens with one attached hydrogen (secondary N) is 1. The van der Waals surface area contributed by atoms with Crippen molar-refractivity contribution < 1.29 is 49.4 Å². The molecule has 1 aromatic rings. The van der Waals surface area contributed by atoms with E-state index in [1.54, 1.807) is 12.1 Å². The second-order valence-electron chi connectivity index (χ2n) is 3.44. The minimum atomic E-state index is -1.33. The fraction of sp³-hybridized carbons (Fsp3) is 0.273. The molecule has 17 heavy (non-hydrogen) atoms. The largest absolute Gasteiger partial charge is 1.00 e. The van der Waals surface area contributed by atoms with Gasteiger partial charge in [0.2, 0.25) is 5.91 Å². The quantitative estimate of drug-likeness (QED) is 0.532. The zero-order chi connectivity index (χ0) is 12.1. The predicted molar refractivity (Wildman–Crippen MR) is 54.4 cm³/mol. The molecule has 86 valence electrons. The molecule has 0 aliphatic carbocycles. The molecule has 5 nitrogen and oxygen atoms in total. The second-order valence-corrected chi connectivity index (χ2v) is 3.44. The summed E-state index contributed by atoms with van der Waals surface area (Å²) >= 11 is 0. The summed E-state index contributed by atoms with van der Waals surface area (Å²) in [5, 5.41) is 22.1. The van der Waals surface area contributed by atoms with Gasteiger partial charge in [0.05, 0.1) is 12.0 Å². The van der Waals surface area contributed by atoms with Crippen LogP contribution in [0.15, 0.2) is 24.3 Å². The number of phenolic OH excluding ortho intramolecular Hbond substituents is 1. The van der Waals surface area contributed by atoms with Crippen LogP contribution in [0.5, 0.6) is 5.75 Å². The number of carboxylic acid groups (broad SMARTS) is 1. The van der Waals surface area contributed by atoms with Crippen LogP contribution >= 0.6 is 0 Å². The molecule has 6 heteroatoms. The van der Waals surface area contributed by atoms with Crippen LogP contribution in [0.1, 0.15) is 12.5 Å². The first-order valence-corrected chi connectivity index (χ1v) is 4.75. The number of carbonyl (C=O) groups is 2. The fourth-order valence-electron chi connectivity index (χ4n) is 1.31. The fourth-order valence-corrected chi connectivity index (χ4v) is 1.31. The van der Waals surface area contributed by atoms with Gasteiger partial charge in [-0.2, -0.15) is 0 Å². The normalized spacial score (nSPS) is 11.1. The summed E-state index contributed by atoms with van der Waals surface area (Å²) in [6.45, 7) is 1.24. The van der Waals surface area contributed by atoms with Crippen molar-refractivity contribution in [3.8, 4) is 5.75 Å². The Bertz CT molecular complexity index is 391. The van der Waals surface area contributed by atoms with Gasteiger partial charge in [-0.25, -0.2) is 0 Å². The van der Waals surface area contributed by atoms with E-state index in [1.807, 2.05) is 0 Å². The Labute approximate surface area is 121 Å².